The Morgan fingerprint density at radius 2 is 1.86 bits per heavy atom. The van der Waals surface area contributed by atoms with Gasteiger partial charge in [0.25, 0.3) is 0 Å². The molecule has 1 aromatic carbocycles. The number of nitrogens with zero attached hydrogens (tertiary/aromatic N) is 1. The number of pyridine rings is 1. The quantitative estimate of drug-likeness (QED) is 0.872. The lowest BCUT2D eigenvalue weighted by molar-refractivity contribution is 0.328. The van der Waals surface area contributed by atoms with E-state index in [1.165, 1.54) is 22.3 Å². The van der Waals surface area contributed by atoms with Crippen molar-refractivity contribution >= 4 is 5.69 Å². The summed E-state index contributed by atoms with van der Waals surface area (Å²) in [6.07, 6.45) is 1.75. The fraction of sp³-hybridized carbons (Fsp3) is 0.389. The lowest BCUT2D eigenvalue weighted by atomic mass is 9.96. The molecule has 3 heteroatoms. The van der Waals surface area contributed by atoms with Gasteiger partial charge in [0.15, 0.2) is 0 Å². The number of ether oxygens (including phenoxy) is 1. The molecule has 1 heterocycles. The van der Waals surface area contributed by atoms with Crippen LogP contribution in [0.4, 0.5) is 5.69 Å². The molecule has 3 nitrogen and oxygen atoms in total. The van der Waals surface area contributed by atoms with E-state index in [0.29, 0.717) is 12.5 Å². The Morgan fingerprint density at radius 1 is 1.14 bits per heavy atom. The molecule has 0 bridgehead atoms. The number of nitrogens with one attached hydrogen (secondary N) is 1. The third-order valence-electron chi connectivity index (χ3n) is 3.77. The molecule has 0 radical (unpaired) electrons. The highest BCUT2D eigenvalue weighted by Crippen LogP contribution is 2.28. The molecule has 1 aromatic heterocycles. The normalized spacial score (nSPS) is 12.0. The fourth-order valence-corrected chi connectivity index (χ4v) is 2.51. The Kier molecular flexibility index (Phi) is 4.84. The molecule has 0 aliphatic heterocycles. The zero-order valence-electron chi connectivity index (χ0n) is 13.5. The molecule has 0 spiro atoms. The van der Waals surface area contributed by atoms with Gasteiger partial charge in [-0.1, -0.05) is 12.1 Å². The number of aryl methyl sites for hydroxylation is 3. The van der Waals surface area contributed by atoms with Crippen LogP contribution in [0, 0.1) is 20.8 Å². The van der Waals surface area contributed by atoms with E-state index >= 15 is 0 Å². The summed E-state index contributed by atoms with van der Waals surface area (Å²) in [4.78, 5) is 4.28. The van der Waals surface area contributed by atoms with Crippen molar-refractivity contribution in [2.45, 2.75) is 40.7 Å². The first kappa shape index (κ1) is 15.4. The Bertz CT molecular complexity index is 623. The van der Waals surface area contributed by atoms with Crippen molar-refractivity contribution < 1.29 is 4.74 Å². The highest BCUT2D eigenvalue weighted by atomic mass is 16.5. The van der Waals surface area contributed by atoms with Crippen molar-refractivity contribution in [3.63, 3.8) is 0 Å². The molecule has 2 rings (SSSR count). The lowest BCUT2D eigenvalue weighted by Crippen LogP contribution is -2.10. The molecule has 21 heavy (non-hydrogen) atoms. The molecule has 0 aliphatic rings. The fourth-order valence-electron chi connectivity index (χ4n) is 2.51. The maximum absolute atomic E-state index is 5.57. The average molecular weight is 284 g/mol. The van der Waals surface area contributed by atoms with E-state index in [9.17, 15) is 0 Å². The van der Waals surface area contributed by atoms with Crippen LogP contribution in [-0.4, -0.2) is 11.6 Å². The SMILES string of the molecule is CCOc1ncccc1NC(C)c1cc(C)c(C)cc1C. The standard InChI is InChI=1S/C18H24N2O/c1-6-21-18-17(8-7-9-19-18)20-15(5)16-11-13(3)12(2)10-14(16)4/h7-11,15,20H,6H2,1-5H3. The Balaban J connectivity index is 2.26. The van der Waals surface area contributed by atoms with Gasteiger partial charge in [0.1, 0.15) is 0 Å². The van der Waals surface area contributed by atoms with Gasteiger partial charge >= 0.3 is 0 Å². The molecule has 0 saturated carbocycles. The number of hydrogen-bond acceptors (Lipinski definition) is 3. The Hall–Kier alpha value is -2.03. The van der Waals surface area contributed by atoms with Crippen molar-refractivity contribution in [3.05, 3.63) is 52.7 Å². The van der Waals surface area contributed by atoms with E-state index in [1.807, 2.05) is 19.1 Å². The number of anilines is 1. The predicted octanol–water partition coefficient (Wildman–Crippen LogP) is 4.58. The molecule has 1 atom stereocenters. The van der Waals surface area contributed by atoms with Gasteiger partial charge in [-0.3, -0.25) is 0 Å². The van der Waals surface area contributed by atoms with Gasteiger partial charge in [0, 0.05) is 12.2 Å². The molecule has 1 unspecified atom stereocenters. The van der Waals surface area contributed by atoms with Crippen LogP contribution in [-0.2, 0) is 0 Å². The third kappa shape index (κ3) is 3.54. The van der Waals surface area contributed by atoms with Crippen LogP contribution in [0.1, 0.15) is 42.1 Å². The summed E-state index contributed by atoms with van der Waals surface area (Å²) in [7, 11) is 0. The van der Waals surface area contributed by atoms with Gasteiger partial charge in [-0.15, -0.1) is 0 Å². The van der Waals surface area contributed by atoms with E-state index in [2.05, 4.69) is 50.1 Å². The van der Waals surface area contributed by atoms with Crippen LogP contribution in [0.15, 0.2) is 30.5 Å². The topological polar surface area (TPSA) is 34.1 Å². The summed E-state index contributed by atoms with van der Waals surface area (Å²) in [6, 6.07) is 8.64. The first-order valence-electron chi connectivity index (χ1n) is 7.45. The minimum atomic E-state index is 0.202. The molecule has 0 amide bonds. The summed E-state index contributed by atoms with van der Waals surface area (Å²) in [5.74, 6) is 0.660. The van der Waals surface area contributed by atoms with Crippen LogP contribution in [0.25, 0.3) is 0 Å². The first-order valence-corrected chi connectivity index (χ1v) is 7.45. The Morgan fingerprint density at radius 3 is 2.57 bits per heavy atom. The van der Waals surface area contributed by atoms with E-state index < -0.39 is 0 Å². The first-order chi connectivity index (χ1) is 10.0. The third-order valence-corrected chi connectivity index (χ3v) is 3.77. The van der Waals surface area contributed by atoms with Gasteiger partial charge in [0.05, 0.1) is 12.3 Å². The molecule has 0 fully saturated rings. The summed E-state index contributed by atoms with van der Waals surface area (Å²) in [5.41, 5.74) is 6.20. The second-order valence-electron chi connectivity index (χ2n) is 5.45. The van der Waals surface area contributed by atoms with Gasteiger partial charge in [-0.05, 0) is 69.0 Å². The number of rotatable bonds is 5. The highest BCUT2D eigenvalue weighted by molar-refractivity contribution is 5.54. The van der Waals surface area contributed by atoms with Crippen molar-refractivity contribution in [1.29, 1.82) is 0 Å². The van der Waals surface area contributed by atoms with Gasteiger partial charge < -0.3 is 10.1 Å². The number of hydrogen-bond donors (Lipinski definition) is 1. The van der Waals surface area contributed by atoms with Gasteiger partial charge in [-0.25, -0.2) is 4.98 Å². The van der Waals surface area contributed by atoms with Crippen molar-refractivity contribution in [1.82, 2.24) is 4.98 Å². The largest absolute Gasteiger partial charge is 0.476 e. The van der Waals surface area contributed by atoms with Gasteiger partial charge in [-0.2, -0.15) is 0 Å². The van der Waals surface area contributed by atoms with Crippen LogP contribution in [0.3, 0.4) is 0 Å². The number of aromatic nitrogens is 1. The molecule has 0 aliphatic carbocycles. The van der Waals surface area contributed by atoms with E-state index in [0.717, 1.165) is 5.69 Å². The van der Waals surface area contributed by atoms with Crippen LogP contribution >= 0.6 is 0 Å². The second-order valence-corrected chi connectivity index (χ2v) is 5.45. The summed E-state index contributed by atoms with van der Waals surface area (Å²) in [6.45, 7) is 11.2. The molecule has 2 aromatic rings. The predicted molar refractivity (Wildman–Crippen MR) is 88.1 cm³/mol. The monoisotopic (exact) mass is 284 g/mol. The lowest BCUT2D eigenvalue weighted by Gasteiger charge is -2.20. The van der Waals surface area contributed by atoms with Crippen LogP contribution in [0.2, 0.25) is 0 Å². The van der Waals surface area contributed by atoms with Crippen molar-refractivity contribution in [2.75, 3.05) is 11.9 Å². The van der Waals surface area contributed by atoms with Gasteiger partial charge in [0.2, 0.25) is 5.88 Å². The maximum Gasteiger partial charge on any atom is 0.237 e. The smallest absolute Gasteiger partial charge is 0.237 e. The van der Waals surface area contributed by atoms with Crippen LogP contribution < -0.4 is 10.1 Å². The molecule has 112 valence electrons. The molecular weight excluding hydrogens is 260 g/mol. The number of benzene rings is 1. The minimum Gasteiger partial charge on any atom is -0.476 e. The minimum absolute atomic E-state index is 0.202. The summed E-state index contributed by atoms with van der Waals surface area (Å²) < 4.78 is 5.57. The summed E-state index contributed by atoms with van der Waals surface area (Å²) in [5, 5.41) is 3.51. The highest BCUT2D eigenvalue weighted by Gasteiger charge is 2.12. The average Bonchev–Trinajstić information content (AvgIpc) is 2.45. The van der Waals surface area contributed by atoms with Crippen molar-refractivity contribution in [2.24, 2.45) is 0 Å². The second kappa shape index (κ2) is 6.61. The Labute approximate surface area is 127 Å². The van der Waals surface area contributed by atoms with E-state index in [4.69, 9.17) is 4.74 Å². The molecule has 0 saturated heterocycles. The van der Waals surface area contributed by atoms with Crippen molar-refractivity contribution in [3.8, 4) is 5.88 Å². The maximum atomic E-state index is 5.57. The molecule has 1 N–H and O–H groups in total. The summed E-state index contributed by atoms with van der Waals surface area (Å²) >= 11 is 0. The molecular formula is C18H24N2O. The van der Waals surface area contributed by atoms with Crippen LogP contribution in [0.5, 0.6) is 5.88 Å². The van der Waals surface area contributed by atoms with E-state index in [1.54, 1.807) is 6.20 Å². The van der Waals surface area contributed by atoms with E-state index in [-0.39, 0.29) is 6.04 Å². The zero-order valence-corrected chi connectivity index (χ0v) is 13.5. The zero-order chi connectivity index (χ0) is 15.4.